The molecule has 1 atom stereocenters. The number of fused-ring (bicyclic) bond motifs is 1. The van der Waals surface area contributed by atoms with Gasteiger partial charge in [-0.3, -0.25) is 4.79 Å². The SMILES string of the molecule is C=CCn1c(C(C)NC(=O)c2ccc(Br)cc2)nc2ccccc21. The molecule has 0 fully saturated rings. The predicted octanol–water partition coefficient (Wildman–Crippen LogP) is 4.48. The van der Waals surface area contributed by atoms with Crippen molar-refractivity contribution in [3.8, 4) is 0 Å². The highest BCUT2D eigenvalue weighted by Crippen LogP contribution is 2.21. The Morgan fingerprint density at radius 1 is 1.29 bits per heavy atom. The summed E-state index contributed by atoms with van der Waals surface area (Å²) in [7, 11) is 0. The van der Waals surface area contributed by atoms with Crippen molar-refractivity contribution in [2.45, 2.75) is 19.5 Å². The molecule has 4 nitrogen and oxygen atoms in total. The highest BCUT2D eigenvalue weighted by Gasteiger charge is 2.18. The third kappa shape index (κ3) is 3.26. The van der Waals surface area contributed by atoms with Crippen LogP contribution < -0.4 is 5.32 Å². The van der Waals surface area contributed by atoms with Gasteiger partial charge in [0.05, 0.1) is 17.1 Å². The van der Waals surface area contributed by atoms with Crippen molar-refractivity contribution >= 4 is 32.9 Å². The van der Waals surface area contributed by atoms with Gasteiger partial charge in [0.25, 0.3) is 5.91 Å². The van der Waals surface area contributed by atoms with E-state index in [4.69, 9.17) is 0 Å². The number of hydrogen-bond donors (Lipinski definition) is 1. The van der Waals surface area contributed by atoms with Crippen LogP contribution in [0.15, 0.2) is 65.7 Å². The van der Waals surface area contributed by atoms with Crippen LogP contribution in [-0.2, 0) is 6.54 Å². The number of halogens is 1. The zero-order chi connectivity index (χ0) is 17.1. The summed E-state index contributed by atoms with van der Waals surface area (Å²) < 4.78 is 3.02. The first-order chi connectivity index (χ1) is 11.6. The van der Waals surface area contributed by atoms with Gasteiger partial charge in [-0.2, -0.15) is 0 Å². The van der Waals surface area contributed by atoms with Crippen molar-refractivity contribution in [1.29, 1.82) is 0 Å². The molecule has 122 valence electrons. The minimum Gasteiger partial charge on any atom is -0.342 e. The maximum absolute atomic E-state index is 12.4. The molecule has 0 bridgehead atoms. The van der Waals surface area contributed by atoms with Crippen LogP contribution in [0.1, 0.15) is 29.1 Å². The zero-order valence-corrected chi connectivity index (χ0v) is 15.0. The van der Waals surface area contributed by atoms with Crippen molar-refractivity contribution in [2.24, 2.45) is 0 Å². The Kier molecular flexibility index (Phi) is 4.81. The molecule has 0 spiro atoms. The molecule has 1 N–H and O–H groups in total. The molecule has 0 aliphatic carbocycles. The number of hydrogen-bond acceptors (Lipinski definition) is 2. The van der Waals surface area contributed by atoms with Gasteiger partial charge in [0.2, 0.25) is 0 Å². The molecule has 1 amide bonds. The summed E-state index contributed by atoms with van der Waals surface area (Å²) in [5.41, 5.74) is 2.58. The van der Waals surface area contributed by atoms with E-state index in [9.17, 15) is 4.79 Å². The Hall–Kier alpha value is -2.40. The van der Waals surface area contributed by atoms with Crippen LogP contribution in [0.4, 0.5) is 0 Å². The molecule has 1 heterocycles. The van der Waals surface area contributed by atoms with Crippen molar-refractivity contribution in [3.05, 3.63) is 77.0 Å². The number of nitrogens with zero attached hydrogens (tertiary/aromatic N) is 2. The van der Waals surface area contributed by atoms with Gasteiger partial charge < -0.3 is 9.88 Å². The monoisotopic (exact) mass is 383 g/mol. The van der Waals surface area contributed by atoms with Crippen LogP contribution in [0, 0.1) is 0 Å². The summed E-state index contributed by atoms with van der Waals surface area (Å²) in [5, 5.41) is 3.02. The maximum atomic E-state index is 12.4. The van der Waals surface area contributed by atoms with E-state index in [0.717, 1.165) is 21.3 Å². The molecule has 24 heavy (non-hydrogen) atoms. The molecule has 3 aromatic rings. The Balaban J connectivity index is 1.89. The van der Waals surface area contributed by atoms with Gasteiger partial charge in [0, 0.05) is 16.6 Å². The Bertz CT molecular complexity index is 883. The minimum atomic E-state index is -0.214. The topological polar surface area (TPSA) is 46.9 Å². The predicted molar refractivity (Wildman–Crippen MR) is 100.0 cm³/mol. The fraction of sp³-hybridized carbons (Fsp3) is 0.158. The van der Waals surface area contributed by atoms with E-state index in [2.05, 4.69) is 37.4 Å². The van der Waals surface area contributed by atoms with Crippen LogP contribution in [0.3, 0.4) is 0 Å². The number of allylic oxidation sites excluding steroid dienone is 1. The first-order valence-electron chi connectivity index (χ1n) is 7.72. The second-order valence-electron chi connectivity index (χ2n) is 5.56. The number of para-hydroxylation sites is 2. The Morgan fingerprint density at radius 3 is 2.71 bits per heavy atom. The third-order valence-corrected chi connectivity index (χ3v) is 4.37. The van der Waals surface area contributed by atoms with Gasteiger partial charge in [0.1, 0.15) is 5.82 Å². The van der Waals surface area contributed by atoms with Crippen molar-refractivity contribution < 1.29 is 4.79 Å². The zero-order valence-electron chi connectivity index (χ0n) is 13.4. The Morgan fingerprint density at radius 2 is 2.00 bits per heavy atom. The summed E-state index contributed by atoms with van der Waals surface area (Å²) in [6.07, 6.45) is 1.83. The number of benzene rings is 2. The highest BCUT2D eigenvalue weighted by molar-refractivity contribution is 9.10. The molecule has 0 saturated carbocycles. The molecule has 3 rings (SSSR count). The summed E-state index contributed by atoms with van der Waals surface area (Å²) in [6, 6.07) is 15.0. The van der Waals surface area contributed by atoms with Gasteiger partial charge in [-0.1, -0.05) is 34.1 Å². The number of imidazole rings is 1. The van der Waals surface area contributed by atoms with Crippen LogP contribution in [0.25, 0.3) is 11.0 Å². The van der Waals surface area contributed by atoms with Crippen LogP contribution >= 0.6 is 15.9 Å². The van der Waals surface area contributed by atoms with Crippen LogP contribution in [-0.4, -0.2) is 15.5 Å². The molecule has 0 saturated heterocycles. The second-order valence-corrected chi connectivity index (χ2v) is 6.48. The number of amides is 1. The van der Waals surface area contributed by atoms with E-state index in [-0.39, 0.29) is 11.9 Å². The summed E-state index contributed by atoms with van der Waals surface area (Å²) >= 11 is 3.37. The number of rotatable bonds is 5. The molecule has 5 heteroatoms. The molecule has 0 aliphatic heterocycles. The number of aromatic nitrogens is 2. The molecule has 1 unspecified atom stereocenters. The fourth-order valence-electron chi connectivity index (χ4n) is 2.69. The van der Waals surface area contributed by atoms with E-state index in [1.165, 1.54) is 0 Å². The summed E-state index contributed by atoms with van der Waals surface area (Å²) in [6.45, 7) is 6.41. The average Bonchev–Trinajstić information content (AvgIpc) is 2.95. The molecule has 2 aromatic carbocycles. The highest BCUT2D eigenvalue weighted by atomic mass is 79.9. The van der Waals surface area contributed by atoms with Gasteiger partial charge in [-0.15, -0.1) is 6.58 Å². The van der Waals surface area contributed by atoms with E-state index < -0.39 is 0 Å². The fourth-order valence-corrected chi connectivity index (χ4v) is 2.96. The number of carbonyl (C=O) groups excluding carboxylic acids is 1. The summed E-state index contributed by atoms with van der Waals surface area (Å²) in [4.78, 5) is 17.1. The van der Waals surface area contributed by atoms with E-state index in [1.807, 2.05) is 49.4 Å². The lowest BCUT2D eigenvalue weighted by Crippen LogP contribution is -2.28. The lowest BCUT2D eigenvalue weighted by Gasteiger charge is -2.15. The largest absolute Gasteiger partial charge is 0.342 e. The van der Waals surface area contributed by atoms with Crippen molar-refractivity contribution in [2.75, 3.05) is 0 Å². The number of nitrogens with one attached hydrogen (secondary N) is 1. The minimum absolute atomic E-state index is 0.118. The first-order valence-corrected chi connectivity index (χ1v) is 8.52. The normalized spacial score (nSPS) is 12.1. The van der Waals surface area contributed by atoms with Gasteiger partial charge in [-0.05, 0) is 43.3 Å². The molecule has 0 radical (unpaired) electrons. The van der Waals surface area contributed by atoms with Crippen LogP contribution in [0.5, 0.6) is 0 Å². The van der Waals surface area contributed by atoms with Gasteiger partial charge in [0.15, 0.2) is 0 Å². The molecular weight excluding hydrogens is 366 g/mol. The molecular formula is C19H18BrN3O. The number of carbonyl (C=O) groups is 1. The average molecular weight is 384 g/mol. The molecule has 0 aliphatic rings. The summed E-state index contributed by atoms with van der Waals surface area (Å²) in [5.74, 6) is 0.703. The van der Waals surface area contributed by atoms with Crippen molar-refractivity contribution in [3.63, 3.8) is 0 Å². The van der Waals surface area contributed by atoms with E-state index in [1.54, 1.807) is 12.1 Å². The van der Waals surface area contributed by atoms with Gasteiger partial charge in [-0.25, -0.2) is 4.98 Å². The standard InChI is InChI=1S/C19H18BrN3O/c1-3-12-23-17-7-5-4-6-16(17)22-18(23)13(2)21-19(24)14-8-10-15(20)11-9-14/h3-11,13H,1,12H2,2H3,(H,21,24). The van der Waals surface area contributed by atoms with Crippen molar-refractivity contribution in [1.82, 2.24) is 14.9 Å². The first kappa shape index (κ1) is 16.5. The van der Waals surface area contributed by atoms with E-state index >= 15 is 0 Å². The quantitative estimate of drug-likeness (QED) is 0.660. The van der Waals surface area contributed by atoms with Crippen LogP contribution in [0.2, 0.25) is 0 Å². The lowest BCUT2D eigenvalue weighted by atomic mass is 10.2. The van der Waals surface area contributed by atoms with E-state index in [0.29, 0.717) is 12.1 Å². The Labute approximate surface area is 149 Å². The molecule has 1 aromatic heterocycles. The smallest absolute Gasteiger partial charge is 0.251 e. The van der Waals surface area contributed by atoms with Gasteiger partial charge >= 0.3 is 0 Å². The lowest BCUT2D eigenvalue weighted by molar-refractivity contribution is 0.0938. The maximum Gasteiger partial charge on any atom is 0.251 e. The third-order valence-electron chi connectivity index (χ3n) is 3.84. The second kappa shape index (κ2) is 7.01.